The Morgan fingerprint density at radius 1 is 1.19 bits per heavy atom. The summed E-state index contributed by atoms with van der Waals surface area (Å²) in [5.41, 5.74) is 1.76. The van der Waals surface area contributed by atoms with Crippen molar-refractivity contribution in [2.75, 3.05) is 23.3 Å². The molecular weight excluding hydrogens is 430 g/mol. The molecule has 0 bridgehead atoms. The average Bonchev–Trinajstić information content (AvgIpc) is 3.19. The molecule has 0 aliphatic carbocycles. The van der Waals surface area contributed by atoms with Gasteiger partial charge in [-0.05, 0) is 71.3 Å². The van der Waals surface area contributed by atoms with Gasteiger partial charge >= 0.3 is 0 Å². The summed E-state index contributed by atoms with van der Waals surface area (Å²) in [6.45, 7) is 4.33. The summed E-state index contributed by atoms with van der Waals surface area (Å²) in [7, 11) is 1.68. The number of tetrazole rings is 1. The first kappa shape index (κ1) is 21.8. The first-order chi connectivity index (χ1) is 15.4. The first-order valence-electron chi connectivity index (χ1n) is 10.3. The second-order valence-electron chi connectivity index (χ2n) is 7.80. The third kappa shape index (κ3) is 4.88. The number of anilines is 2. The Morgan fingerprint density at radius 3 is 2.53 bits per heavy atom. The zero-order chi connectivity index (χ0) is 22.7. The van der Waals surface area contributed by atoms with Crippen molar-refractivity contribution >= 4 is 34.7 Å². The molecule has 1 fully saturated rings. The van der Waals surface area contributed by atoms with Gasteiger partial charge in [0.15, 0.2) is 0 Å². The third-order valence-corrected chi connectivity index (χ3v) is 6.58. The van der Waals surface area contributed by atoms with Crippen LogP contribution in [0.5, 0.6) is 0 Å². The minimum atomic E-state index is -0.524. The number of aryl methyl sites for hydroxylation is 1. The standard InChI is InChI=1S/C21H23N7O3S/c1-14-9-11-27(12-10-14)16-5-3-15(4-6-16)22-20(29)18-13-17(28(30)31)7-8-19(18)32-21-23-24-25-26(21)2/h3-8,13-14H,9-12H2,1-2H3,(H,22,29). The molecule has 4 rings (SSSR count). The summed E-state index contributed by atoms with van der Waals surface area (Å²) >= 11 is 1.16. The summed E-state index contributed by atoms with van der Waals surface area (Å²) in [6, 6.07) is 11.8. The molecule has 0 spiro atoms. The van der Waals surface area contributed by atoms with E-state index in [9.17, 15) is 14.9 Å². The highest BCUT2D eigenvalue weighted by atomic mass is 32.2. The Labute approximate surface area is 189 Å². The van der Waals surface area contributed by atoms with Crippen LogP contribution in [0, 0.1) is 16.0 Å². The highest BCUT2D eigenvalue weighted by molar-refractivity contribution is 7.99. The van der Waals surface area contributed by atoms with E-state index in [4.69, 9.17) is 0 Å². The Hall–Kier alpha value is -3.47. The maximum absolute atomic E-state index is 13.0. The molecule has 11 heteroatoms. The molecule has 2 heterocycles. The Morgan fingerprint density at radius 2 is 1.91 bits per heavy atom. The van der Waals surface area contributed by atoms with E-state index in [0.717, 1.165) is 36.5 Å². The van der Waals surface area contributed by atoms with Crippen LogP contribution in [0.15, 0.2) is 52.5 Å². The number of piperidine rings is 1. The van der Waals surface area contributed by atoms with Crippen LogP contribution in [-0.2, 0) is 7.05 Å². The van der Waals surface area contributed by atoms with E-state index in [-0.39, 0.29) is 11.3 Å². The first-order valence-corrected chi connectivity index (χ1v) is 11.1. The molecule has 0 unspecified atom stereocenters. The van der Waals surface area contributed by atoms with Crippen molar-refractivity contribution < 1.29 is 9.72 Å². The van der Waals surface area contributed by atoms with Crippen LogP contribution < -0.4 is 10.2 Å². The number of hydrogen-bond acceptors (Lipinski definition) is 8. The van der Waals surface area contributed by atoms with Gasteiger partial charge in [0.05, 0.1) is 10.5 Å². The lowest BCUT2D eigenvalue weighted by Gasteiger charge is -2.32. The number of non-ortho nitro benzene ring substituents is 1. The van der Waals surface area contributed by atoms with Crippen molar-refractivity contribution in [3.8, 4) is 0 Å². The lowest BCUT2D eigenvalue weighted by molar-refractivity contribution is -0.384. The molecular formula is C21H23N7O3S. The summed E-state index contributed by atoms with van der Waals surface area (Å²) in [5.74, 6) is 0.315. The molecule has 3 aromatic rings. The van der Waals surface area contributed by atoms with Gasteiger partial charge < -0.3 is 10.2 Å². The van der Waals surface area contributed by atoms with E-state index in [1.165, 1.54) is 35.7 Å². The predicted molar refractivity (Wildman–Crippen MR) is 121 cm³/mol. The van der Waals surface area contributed by atoms with Crippen LogP contribution in [0.3, 0.4) is 0 Å². The summed E-state index contributed by atoms with van der Waals surface area (Å²) in [6.07, 6.45) is 2.35. The fraction of sp³-hybridized carbons (Fsp3) is 0.333. The number of amides is 1. The molecule has 166 valence electrons. The lowest BCUT2D eigenvalue weighted by atomic mass is 9.99. The fourth-order valence-corrected chi connectivity index (χ4v) is 4.37. The number of aromatic nitrogens is 4. The van der Waals surface area contributed by atoms with Gasteiger partial charge in [-0.25, -0.2) is 4.68 Å². The number of rotatable bonds is 6. The van der Waals surface area contributed by atoms with E-state index in [1.54, 1.807) is 7.05 Å². The predicted octanol–water partition coefficient (Wildman–Crippen LogP) is 3.76. The molecule has 2 aromatic carbocycles. The molecule has 1 aromatic heterocycles. The highest BCUT2D eigenvalue weighted by Gasteiger charge is 2.20. The number of nitrogens with one attached hydrogen (secondary N) is 1. The molecule has 1 N–H and O–H groups in total. The zero-order valence-electron chi connectivity index (χ0n) is 17.8. The summed E-state index contributed by atoms with van der Waals surface area (Å²) < 4.78 is 1.47. The van der Waals surface area contributed by atoms with Gasteiger partial charge in [0.25, 0.3) is 11.6 Å². The number of nitro groups is 1. The van der Waals surface area contributed by atoms with Crippen molar-refractivity contribution in [2.45, 2.75) is 29.8 Å². The van der Waals surface area contributed by atoms with E-state index >= 15 is 0 Å². The monoisotopic (exact) mass is 453 g/mol. The minimum Gasteiger partial charge on any atom is -0.372 e. The SMILES string of the molecule is CC1CCN(c2ccc(NC(=O)c3cc([N+](=O)[O-])ccc3Sc3nnnn3C)cc2)CC1. The quantitative estimate of drug-likeness (QED) is 0.443. The van der Waals surface area contributed by atoms with Crippen molar-refractivity contribution in [3.63, 3.8) is 0 Å². The Bertz CT molecular complexity index is 1120. The molecule has 0 radical (unpaired) electrons. The van der Waals surface area contributed by atoms with Crippen molar-refractivity contribution in [3.05, 3.63) is 58.1 Å². The smallest absolute Gasteiger partial charge is 0.270 e. The largest absolute Gasteiger partial charge is 0.372 e. The topological polar surface area (TPSA) is 119 Å². The van der Waals surface area contributed by atoms with Crippen LogP contribution in [0.1, 0.15) is 30.1 Å². The number of hydrogen-bond donors (Lipinski definition) is 1. The number of benzene rings is 2. The van der Waals surface area contributed by atoms with Crippen molar-refractivity contribution in [1.82, 2.24) is 20.2 Å². The number of carbonyl (C=O) groups excluding carboxylic acids is 1. The molecule has 1 aliphatic rings. The van der Waals surface area contributed by atoms with Crippen LogP contribution in [0.2, 0.25) is 0 Å². The number of carbonyl (C=O) groups is 1. The summed E-state index contributed by atoms with van der Waals surface area (Å²) in [4.78, 5) is 26.6. The van der Waals surface area contributed by atoms with Crippen LogP contribution in [-0.4, -0.2) is 44.1 Å². The molecule has 1 amide bonds. The van der Waals surface area contributed by atoms with Crippen molar-refractivity contribution in [2.24, 2.45) is 13.0 Å². The van der Waals surface area contributed by atoms with Crippen LogP contribution in [0.25, 0.3) is 0 Å². The van der Waals surface area contributed by atoms with Gasteiger partial charge in [0.2, 0.25) is 5.16 Å². The van der Waals surface area contributed by atoms with E-state index < -0.39 is 10.8 Å². The molecule has 0 saturated carbocycles. The maximum Gasteiger partial charge on any atom is 0.270 e. The van der Waals surface area contributed by atoms with Gasteiger partial charge in [0, 0.05) is 48.5 Å². The fourth-order valence-electron chi connectivity index (χ4n) is 3.52. The molecule has 10 nitrogen and oxygen atoms in total. The Balaban J connectivity index is 1.53. The third-order valence-electron chi connectivity index (χ3n) is 5.48. The number of nitro benzene ring substituents is 1. The normalized spacial score (nSPS) is 14.4. The lowest BCUT2D eigenvalue weighted by Crippen LogP contribution is -2.32. The van der Waals surface area contributed by atoms with Crippen LogP contribution >= 0.6 is 11.8 Å². The molecule has 0 atom stereocenters. The van der Waals surface area contributed by atoms with Gasteiger partial charge in [0.1, 0.15) is 0 Å². The molecule has 1 aliphatic heterocycles. The van der Waals surface area contributed by atoms with Gasteiger partial charge in [-0.1, -0.05) is 6.92 Å². The van der Waals surface area contributed by atoms with Gasteiger partial charge in [-0.15, -0.1) is 5.10 Å². The summed E-state index contributed by atoms with van der Waals surface area (Å²) in [5, 5.41) is 25.8. The number of nitrogens with zero attached hydrogens (tertiary/aromatic N) is 6. The second kappa shape index (κ2) is 9.35. The van der Waals surface area contributed by atoms with E-state index in [2.05, 4.69) is 32.7 Å². The highest BCUT2D eigenvalue weighted by Crippen LogP contribution is 2.32. The van der Waals surface area contributed by atoms with E-state index in [0.29, 0.717) is 15.7 Å². The maximum atomic E-state index is 13.0. The average molecular weight is 454 g/mol. The molecule has 32 heavy (non-hydrogen) atoms. The van der Waals surface area contributed by atoms with E-state index in [1.807, 2.05) is 24.3 Å². The van der Waals surface area contributed by atoms with Crippen molar-refractivity contribution in [1.29, 1.82) is 0 Å². The minimum absolute atomic E-state index is 0.162. The van der Waals surface area contributed by atoms with Crippen LogP contribution in [0.4, 0.5) is 17.1 Å². The Kier molecular flexibility index (Phi) is 6.35. The molecule has 1 saturated heterocycles. The van der Waals surface area contributed by atoms with Gasteiger partial charge in [-0.2, -0.15) is 0 Å². The second-order valence-corrected chi connectivity index (χ2v) is 8.80. The zero-order valence-corrected chi connectivity index (χ0v) is 18.6. The van der Waals surface area contributed by atoms with Gasteiger partial charge in [-0.3, -0.25) is 14.9 Å².